The van der Waals surface area contributed by atoms with Gasteiger partial charge in [-0.1, -0.05) is 29.3 Å². The Bertz CT molecular complexity index is 1360. The van der Waals surface area contributed by atoms with Crippen LogP contribution in [0.5, 0.6) is 5.75 Å². The normalized spacial score (nSPS) is 17.6. The van der Waals surface area contributed by atoms with Gasteiger partial charge in [-0.2, -0.15) is 0 Å². The molecular formula is C25H19Cl2FN4OS. The Hall–Kier alpha value is -3.13. The van der Waals surface area contributed by atoms with Gasteiger partial charge in [0.1, 0.15) is 17.6 Å². The summed E-state index contributed by atoms with van der Waals surface area (Å²) in [6.07, 6.45) is 3.66. The van der Waals surface area contributed by atoms with Crippen molar-refractivity contribution in [3.8, 4) is 11.4 Å². The summed E-state index contributed by atoms with van der Waals surface area (Å²) in [7, 11) is 1.57. The van der Waals surface area contributed by atoms with Crippen molar-refractivity contribution in [2.24, 2.45) is 0 Å². The minimum absolute atomic E-state index is 0.0530. The van der Waals surface area contributed by atoms with Crippen molar-refractivity contribution in [3.05, 3.63) is 106 Å². The Morgan fingerprint density at radius 1 is 1.00 bits per heavy atom. The molecule has 4 aromatic rings. The lowest BCUT2D eigenvalue weighted by Gasteiger charge is -2.29. The van der Waals surface area contributed by atoms with Crippen LogP contribution in [0.1, 0.15) is 23.5 Å². The molecule has 0 bridgehead atoms. The van der Waals surface area contributed by atoms with Gasteiger partial charge in [0.25, 0.3) is 0 Å². The highest BCUT2D eigenvalue weighted by Crippen LogP contribution is 2.43. The van der Waals surface area contributed by atoms with E-state index in [1.165, 1.54) is 6.07 Å². The average molecular weight is 513 g/mol. The van der Waals surface area contributed by atoms with Gasteiger partial charge in [0.15, 0.2) is 5.11 Å². The second kappa shape index (κ2) is 9.25. The zero-order valence-corrected chi connectivity index (χ0v) is 20.3. The fraction of sp³-hybridized carbons (Fsp3) is 0.120. The fourth-order valence-corrected chi connectivity index (χ4v) is 5.02. The molecule has 5 nitrogen and oxygen atoms in total. The molecule has 3 heterocycles. The van der Waals surface area contributed by atoms with Gasteiger partial charge < -0.3 is 19.5 Å². The molecule has 1 aliphatic rings. The summed E-state index contributed by atoms with van der Waals surface area (Å²) in [5, 5.41) is 4.49. The van der Waals surface area contributed by atoms with Crippen LogP contribution in [0.3, 0.4) is 0 Å². The molecule has 0 aliphatic carbocycles. The predicted octanol–water partition coefficient (Wildman–Crippen LogP) is 6.50. The SMILES string of the molecule is COc1ccc(N2C(=S)N[C@@H](c3ccccn3)[C@@H]2c2cccn2-c2ccc(F)c(Cl)c2)cc1Cl. The molecule has 5 rings (SSSR count). The van der Waals surface area contributed by atoms with Gasteiger partial charge in [0.2, 0.25) is 0 Å². The number of pyridine rings is 1. The maximum Gasteiger partial charge on any atom is 0.174 e. The quantitative estimate of drug-likeness (QED) is 0.309. The van der Waals surface area contributed by atoms with Crippen LogP contribution in [0.4, 0.5) is 10.1 Å². The van der Waals surface area contributed by atoms with Crippen molar-refractivity contribution in [2.45, 2.75) is 12.1 Å². The van der Waals surface area contributed by atoms with E-state index < -0.39 is 5.82 Å². The van der Waals surface area contributed by atoms with Crippen LogP contribution in [0.2, 0.25) is 10.0 Å². The molecule has 1 fully saturated rings. The molecule has 0 unspecified atom stereocenters. The van der Waals surface area contributed by atoms with Gasteiger partial charge in [0, 0.05) is 29.5 Å². The van der Waals surface area contributed by atoms with Crippen LogP contribution in [-0.2, 0) is 0 Å². The molecule has 0 spiro atoms. The number of methoxy groups -OCH3 is 1. The van der Waals surface area contributed by atoms with E-state index >= 15 is 0 Å². The van der Waals surface area contributed by atoms with Crippen molar-refractivity contribution in [2.75, 3.05) is 12.0 Å². The lowest BCUT2D eigenvalue weighted by molar-refractivity contribution is 0.415. The number of rotatable bonds is 5. The molecule has 172 valence electrons. The maximum absolute atomic E-state index is 13.9. The number of halogens is 3. The molecule has 2 atom stereocenters. The van der Waals surface area contributed by atoms with E-state index in [0.717, 1.165) is 22.8 Å². The highest BCUT2D eigenvalue weighted by molar-refractivity contribution is 7.80. The minimum Gasteiger partial charge on any atom is -0.495 e. The summed E-state index contributed by atoms with van der Waals surface area (Å²) in [5.41, 5.74) is 3.28. The van der Waals surface area contributed by atoms with Crippen LogP contribution < -0.4 is 15.0 Å². The standard InChI is InChI=1S/C25H19Cl2FN4OS/c1-33-22-10-8-16(14-18(22)27)32-24(23(30-25(32)34)20-5-2-3-11-29-20)21-6-4-12-31(21)15-7-9-19(28)17(26)13-15/h2-14,23-24H,1H3,(H,30,34)/t23-,24-/m0/s1. The van der Waals surface area contributed by atoms with Gasteiger partial charge in [-0.05, 0) is 72.9 Å². The van der Waals surface area contributed by atoms with Gasteiger partial charge in [0.05, 0.1) is 28.9 Å². The van der Waals surface area contributed by atoms with E-state index in [-0.39, 0.29) is 17.1 Å². The Kier molecular flexibility index (Phi) is 6.16. The largest absolute Gasteiger partial charge is 0.495 e. The molecule has 0 amide bonds. The number of benzene rings is 2. The number of aromatic nitrogens is 2. The molecule has 34 heavy (non-hydrogen) atoms. The first-order valence-electron chi connectivity index (χ1n) is 10.4. The zero-order valence-electron chi connectivity index (χ0n) is 18.0. The lowest BCUT2D eigenvalue weighted by atomic mass is 10.0. The summed E-state index contributed by atoms with van der Waals surface area (Å²) in [5.74, 6) is 0.106. The van der Waals surface area contributed by atoms with Crippen LogP contribution in [-0.4, -0.2) is 21.8 Å². The van der Waals surface area contributed by atoms with Gasteiger partial charge in [-0.15, -0.1) is 0 Å². The molecular weight excluding hydrogens is 494 g/mol. The Balaban J connectivity index is 1.67. The maximum atomic E-state index is 13.9. The van der Waals surface area contributed by atoms with E-state index in [2.05, 4.69) is 10.3 Å². The molecule has 2 aromatic carbocycles. The zero-order chi connectivity index (χ0) is 23.8. The van der Waals surface area contributed by atoms with Gasteiger partial charge in [-0.25, -0.2) is 4.39 Å². The van der Waals surface area contributed by atoms with E-state index in [1.54, 1.807) is 25.4 Å². The van der Waals surface area contributed by atoms with Crippen molar-refractivity contribution < 1.29 is 9.13 Å². The number of nitrogens with zero attached hydrogens (tertiary/aromatic N) is 3. The van der Waals surface area contributed by atoms with Crippen molar-refractivity contribution in [1.82, 2.24) is 14.9 Å². The van der Waals surface area contributed by atoms with Crippen molar-refractivity contribution in [3.63, 3.8) is 0 Å². The number of nitrogens with one attached hydrogen (secondary N) is 1. The second-order valence-corrected chi connectivity index (χ2v) is 8.92. The molecule has 9 heteroatoms. The molecule has 1 aliphatic heterocycles. The van der Waals surface area contributed by atoms with Crippen LogP contribution in [0.25, 0.3) is 5.69 Å². The summed E-state index contributed by atoms with van der Waals surface area (Å²) in [6, 6.07) is 19.4. The highest BCUT2D eigenvalue weighted by atomic mass is 35.5. The Morgan fingerprint density at radius 3 is 2.50 bits per heavy atom. The topological polar surface area (TPSA) is 42.3 Å². The number of hydrogen-bond donors (Lipinski definition) is 1. The number of ether oxygens (including phenoxy) is 1. The minimum atomic E-state index is -0.469. The molecule has 0 radical (unpaired) electrons. The molecule has 2 aromatic heterocycles. The molecule has 1 saturated heterocycles. The first-order chi connectivity index (χ1) is 16.5. The number of hydrogen-bond acceptors (Lipinski definition) is 3. The van der Waals surface area contributed by atoms with E-state index in [0.29, 0.717) is 15.9 Å². The van der Waals surface area contributed by atoms with E-state index in [1.807, 2.05) is 64.2 Å². The third kappa shape index (κ3) is 4.00. The highest BCUT2D eigenvalue weighted by Gasteiger charge is 2.42. The van der Waals surface area contributed by atoms with Crippen LogP contribution in [0.15, 0.2) is 79.1 Å². The third-order valence-electron chi connectivity index (χ3n) is 5.78. The van der Waals surface area contributed by atoms with E-state index in [4.69, 9.17) is 40.2 Å². The van der Waals surface area contributed by atoms with Crippen molar-refractivity contribution in [1.29, 1.82) is 0 Å². The number of anilines is 1. The lowest BCUT2D eigenvalue weighted by Crippen LogP contribution is -2.30. The van der Waals surface area contributed by atoms with Gasteiger partial charge in [-0.3, -0.25) is 4.98 Å². The summed E-state index contributed by atoms with van der Waals surface area (Å²) in [6.45, 7) is 0. The first kappa shape index (κ1) is 22.7. The summed E-state index contributed by atoms with van der Waals surface area (Å²) in [4.78, 5) is 6.59. The van der Waals surface area contributed by atoms with Crippen LogP contribution in [0, 0.1) is 5.82 Å². The predicted molar refractivity (Wildman–Crippen MR) is 137 cm³/mol. The third-order valence-corrected chi connectivity index (χ3v) is 6.68. The smallest absolute Gasteiger partial charge is 0.174 e. The monoisotopic (exact) mass is 512 g/mol. The Morgan fingerprint density at radius 2 is 1.79 bits per heavy atom. The fourth-order valence-electron chi connectivity index (χ4n) is 4.24. The second-order valence-electron chi connectivity index (χ2n) is 7.72. The van der Waals surface area contributed by atoms with Crippen molar-refractivity contribution >= 4 is 46.2 Å². The molecule has 0 saturated carbocycles. The molecule has 1 N–H and O–H groups in total. The van der Waals surface area contributed by atoms with Crippen LogP contribution >= 0.6 is 35.4 Å². The average Bonchev–Trinajstić information content (AvgIpc) is 3.45. The Labute approximate surface area is 211 Å². The van der Waals surface area contributed by atoms with E-state index in [9.17, 15) is 4.39 Å². The number of thiocarbonyl (C=S) groups is 1. The first-order valence-corrected chi connectivity index (χ1v) is 11.6. The summed E-state index contributed by atoms with van der Waals surface area (Å²) >= 11 is 18.3. The summed E-state index contributed by atoms with van der Waals surface area (Å²) < 4.78 is 21.1. The van der Waals surface area contributed by atoms with Gasteiger partial charge >= 0.3 is 0 Å².